The first-order chi connectivity index (χ1) is 10.7. The highest BCUT2D eigenvalue weighted by atomic mass is 127. The van der Waals surface area contributed by atoms with Crippen LogP contribution in [0.1, 0.15) is 111 Å². The lowest BCUT2D eigenvalue weighted by Crippen LogP contribution is -3.00. The molecule has 0 aromatic rings. The molecule has 0 nitrogen and oxygen atoms in total. The van der Waals surface area contributed by atoms with Crippen molar-refractivity contribution in [2.75, 3.05) is 24.6 Å². The number of hydrogen-bond acceptors (Lipinski definition) is 0. The first-order valence-corrected chi connectivity index (χ1v) is 13.1. The normalized spacial score (nSPS) is 11.5. The van der Waals surface area contributed by atoms with Crippen molar-refractivity contribution in [3.8, 4) is 0 Å². The molecule has 0 fully saturated rings. The summed E-state index contributed by atoms with van der Waals surface area (Å²) in [6, 6.07) is 0. The van der Waals surface area contributed by atoms with Crippen molar-refractivity contribution in [2.45, 2.75) is 111 Å². The van der Waals surface area contributed by atoms with Crippen LogP contribution in [0.5, 0.6) is 0 Å². The molecule has 0 aromatic heterocycles. The average molecular weight is 456 g/mol. The van der Waals surface area contributed by atoms with Crippen LogP contribution in [0.15, 0.2) is 0 Å². The monoisotopic (exact) mass is 456 g/mol. The average Bonchev–Trinajstić information content (AvgIpc) is 2.52. The van der Waals surface area contributed by atoms with Crippen molar-refractivity contribution in [1.29, 1.82) is 0 Å². The molecule has 0 rings (SSSR count). The molecule has 0 aromatic carbocycles. The lowest BCUT2D eigenvalue weighted by atomic mass is 10.2. The molecular weight excluding hydrogens is 410 g/mol. The van der Waals surface area contributed by atoms with Gasteiger partial charge in [-0.1, -0.05) is 79.1 Å². The second-order valence-electron chi connectivity index (χ2n) is 7.42. The Kier molecular flexibility index (Phi) is 22.4. The quantitative estimate of drug-likeness (QED) is 0.161. The summed E-state index contributed by atoms with van der Waals surface area (Å²) in [6.07, 6.45) is 25.5. The molecule has 0 spiro atoms. The highest BCUT2D eigenvalue weighted by Crippen LogP contribution is 2.61. The smallest absolute Gasteiger partial charge is 0.0594 e. The SMILES string of the molecule is CCCCCC[P+](CCCCC)(CCCCC)CCCCC.[I-]. The van der Waals surface area contributed by atoms with E-state index in [2.05, 4.69) is 27.7 Å². The molecular formula is C21H46IP. The fraction of sp³-hybridized carbons (Fsp3) is 1.00. The number of hydrogen-bond donors (Lipinski definition) is 0. The van der Waals surface area contributed by atoms with Crippen LogP contribution in [0.2, 0.25) is 0 Å². The number of halogens is 1. The van der Waals surface area contributed by atoms with Gasteiger partial charge in [0, 0.05) is 7.26 Å². The summed E-state index contributed by atoms with van der Waals surface area (Å²) < 4.78 is 0. The van der Waals surface area contributed by atoms with Crippen molar-refractivity contribution in [2.24, 2.45) is 0 Å². The van der Waals surface area contributed by atoms with Crippen LogP contribution in [-0.4, -0.2) is 24.6 Å². The van der Waals surface area contributed by atoms with Crippen molar-refractivity contribution in [1.82, 2.24) is 0 Å². The Labute approximate surface area is 166 Å². The minimum atomic E-state index is -0.625. The molecule has 2 heteroatoms. The zero-order valence-corrected chi connectivity index (χ0v) is 19.9. The molecule has 0 saturated carbocycles. The van der Waals surface area contributed by atoms with E-state index in [1.165, 1.54) is 83.5 Å². The first kappa shape index (κ1) is 26.4. The van der Waals surface area contributed by atoms with Crippen LogP contribution in [0.4, 0.5) is 0 Å². The number of rotatable bonds is 17. The molecule has 0 saturated heterocycles. The summed E-state index contributed by atoms with van der Waals surface area (Å²) in [6.45, 7) is 9.41. The maximum Gasteiger partial charge on any atom is 0.0594 e. The minimum absolute atomic E-state index is 0. The molecule has 0 bridgehead atoms. The van der Waals surface area contributed by atoms with Crippen LogP contribution in [-0.2, 0) is 0 Å². The summed E-state index contributed by atoms with van der Waals surface area (Å²) in [4.78, 5) is 0. The van der Waals surface area contributed by atoms with Crippen molar-refractivity contribution in [3.63, 3.8) is 0 Å². The third-order valence-electron chi connectivity index (χ3n) is 5.19. The number of unbranched alkanes of at least 4 members (excludes halogenated alkanes) is 9. The molecule has 0 unspecified atom stereocenters. The van der Waals surface area contributed by atoms with Gasteiger partial charge < -0.3 is 24.0 Å². The maximum atomic E-state index is 2.36. The van der Waals surface area contributed by atoms with Crippen LogP contribution < -0.4 is 24.0 Å². The molecule has 0 aliphatic carbocycles. The topological polar surface area (TPSA) is 0 Å². The van der Waals surface area contributed by atoms with Crippen LogP contribution in [0.25, 0.3) is 0 Å². The van der Waals surface area contributed by atoms with Gasteiger partial charge in [-0.05, 0) is 32.1 Å². The largest absolute Gasteiger partial charge is 1.00 e. The molecule has 0 N–H and O–H groups in total. The van der Waals surface area contributed by atoms with Gasteiger partial charge in [-0.2, -0.15) is 0 Å². The Morgan fingerprint density at radius 2 is 0.652 bits per heavy atom. The predicted octanol–water partition coefficient (Wildman–Crippen LogP) is 5.16. The van der Waals surface area contributed by atoms with Crippen molar-refractivity contribution < 1.29 is 24.0 Å². The Balaban J connectivity index is 0. The summed E-state index contributed by atoms with van der Waals surface area (Å²) in [5.41, 5.74) is 0. The second-order valence-corrected chi connectivity index (χ2v) is 11.9. The summed E-state index contributed by atoms with van der Waals surface area (Å²) in [5, 5.41) is 0. The third kappa shape index (κ3) is 15.2. The van der Waals surface area contributed by atoms with Gasteiger partial charge in [0.1, 0.15) is 0 Å². The Bertz CT molecular complexity index is 191. The van der Waals surface area contributed by atoms with E-state index in [1.54, 1.807) is 24.6 Å². The zero-order chi connectivity index (χ0) is 16.5. The van der Waals surface area contributed by atoms with Gasteiger partial charge in [0.15, 0.2) is 0 Å². The van der Waals surface area contributed by atoms with E-state index >= 15 is 0 Å². The molecule has 0 aliphatic heterocycles. The standard InChI is InChI=1S/C21H46P.HI/c1-5-9-13-17-21-22(18-14-10-6-2,19-15-11-7-3)20-16-12-8-4;/h5-21H2,1-4H3;1H/q+1;/p-1. The zero-order valence-electron chi connectivity index (χ0n) is 16.8. The lowest BCUT2D eigenvalue weighted by molar-refractivity contribution is -0.00000514. The van der Waals surface area contributed by atoms with Gasteiger partial charge in [-0.3, -0.25) is 0 Å². The maximum absolute atomic E-state index is 2.36. The van der Waals surface area contributed by atoms with Crippen molar-refractivity contribution in [3.05, 3.63) is 0 Å². The predicted molar refractivity (Wildman–Crippen MR) is 109 cm³/mol. The van der Waals surface area contributed by atoms with Gasteiger partial charge in [-0.25, -0.2) is 0 Å². The van der Waals surface area contributed by atoms with Crippen LogP contribution >= 0.6 is 7.26 Å². The van der Waals surface area contributed by atoms with Crippen LogP contribution in [0, 0.1) is 0 Å². The van der Waals surface area contributed by atoms with Gasteiger partial charge in [0.2, 0.25) is 0 Å². The summed E-state index contributed by atoms with van der Waals surface area (Å²) in [5.74, 6) is 0. The molecule has 0 aliphatic rings. The molecule has 23 heavy (non-hydrogen) atoms. The fourth-order valence-corrected chi connectivity index (χ4v) is 8.56. The highest BCUT2D eigenvalue weighted by Gasteiger charge is 2.34. The van der Waals surface area contributed by atoms with E-state index in [4.69, 9.17) is 0 Å². The minimum Gasteiger partial charge on any atom is -1.00 e. The molecule has 0 amide bonds. The van der Waals surface area contributed by atoms with Gasteiger partial charge in [0.25, 0.3) is 0 Å². The molecule has 0 atom stereocenters. The Morgan fingerprint density at radius 3 is 0.957 bits per heavy atom. The van der Waals surface area contributed by atoms with E-state index in [0.29, 0.717) is 0 Å². The van der Waals surface area contributed by atoms with Crippen LogP contribution in [0.3, 0.4) is 0 Å². The molecule has 0 radical (unpaired) electrons. The van der Waals surface area contributed by atoms with Gasteiger partial charge >= 0.3 is 0 Å². The van der Waals surface area contributed by atoms with Crippen molar-refractivity contribution >= 4 is 7.26 Å². The Morgan fingerprint density at radius 1 is 0.391 bits per heavy atom. The van der Waals surface area contributed by atoms with E-state index in [9.17, 15) is 0 Å². The van der Waals surface area contributed by atoms with Gasteiger partial charge in [-0.15, -0.1) is 0 Å². The van der Waals surface area contributed by atoms with E-state index in [0.717, 1.165) is 0 Å². The highest BCUT2D eigenvalue weighted by molar-refractivity contribution is 7.75. The van der Waals surface area contributed by atoms with E-state index < -0.39 is 7.26 Å². The first-order valence-electron chi connectivity index (χ1n) is 10.6. The molecule has 0 heterocycles. The van der Waals surface area contributed by atoms with E-state index in [1.807, 2.05) is 0 Å². The third-order valence-corrected chi connectivity index (χ3v) is 10.3. The summed E-state index contributed by atoms with van der Waals surface area (Å²) >= 11 is 0. The fourth-order valence-electron chi connectivity index (χ4n) is 3.64. The molecule has 142 valence electrons. The lowest BCUT2D eigenvalue weighted by Gasteiger charge is -2.28. The summed E-state index contributed by atoms with van der Waals surface area (Å²) in [7, 11) is -0.625. The van der Waals surface area contributed by atoms with E-state index in [-0.39, 0.29) is 24.0 Å². The second kappa shape index (κ2) is 19.5. The Hall–Kier alpha value is 1.16. The van der Waals surface area contributed by atoms with Gasteiger partial charge in [0.05, 0.1) is 24.6 Å².